The topological polar surface area (TPSA) is 71.0 Å². The quantitative estimate of drug-likeness (QED) is 0.617. The summed E-state index contributed by atoms with van der Waals surface area (Å²) in [5, 5.41) is 14.0. The number of hydrogen-bond donors (Lipinski definition) is 2. The maximum atomic E-state index is 11.6. The van der Waals surface area contributed by atoms with Gasteiger partial charge < -0.3 is 24.8 Å². The molecule has 1 heterocycles. The van der Waals surface area contributed by atoms with Gasteiger partial charge in [0.1, 0.15) is 18.5 Å². The summed E-state index contributed by atoms with van der Waals surface area (Å²) in [4.78, 5) is 13.8. The molecule has 1 atom stereocenters. The highest BCUT2D eigenvalue weighted by atomic mass is 16.5. The predicted octanol–water partition coefficient (Wildman–Crippen LogP) is 2.73. The number of benzene rings is 1. The number of aliphatic hydroxyl groups excluding tert-OH is 1. The van der Waals surface area contributed by atoms with Crippen LogP contribution in [0.1, 0.15) is 50.5 Å². The number of hydrogen-bond acceptors (Lipinski definition) is 6. The van der Waals surface area contributed by atoms with Gasteiger partial charge in [0.15, 0.2) is 0 Å². The molecule has 0 spiro atoms. The first-order chi connectivity index (χ1) is 14.1. The average molecular weight is 405 g/mol. The summed E-state index contributed by atoms with van der Waals surface area (Å²) in [5.74, 6) is 0.663. The van der Waals surface area contributed by atoms with Crippen LogP contribution in [0, 0.1) is 5.92 Å². The van der Waals surface area contributed by atoms with Crippen LogP contribution in [0.5, 0.6) is 5.75 Å². The lowest BCUT2D eigenvalue weighted by Crippen LogP contribution is -2.42. The van der Waals surface area contributed by atoms with Crippen molar-refractivity contribution in [1.82, 2.24) is 10.2 Å². The number of carbonyl (C=O) groups excluding carboxylic acids is 1. The van der Waals surface area contributed by atoms with Crippen molar-refractivity contribution in [3.05, 3.63) is 29.8 Å². The molecule has 162 valence electrons. The van der Waals surface area contributed by atoms with E-state index in [0.717, 1.165) is 38.2 Å². The molecule has 6 heteroatoms. The Hall–Kier alpha value is -1.63. The number of rotatable bonds is 9. The van der Waals surface area contributed by atoms with E-state index in [1.165, 1.54) is 44.8 Å². The van der Waals surface area contributed by atoms with E-state index >= 15 is 0 Å². The summed E-state index contributed by atoms with van der Waals surface area (Å²) in [5.41, 5.74) is 1.26. The third-order valence-corrected chi connectivity index (χ3v) is 6.16. The van der Waals surface area contributed by atoms with Crippen LogP contribution in [-0.4, -0.2) is 61.5 Å². The Morgan fingerprint density at radius 1 is 1.14 bits per heavy atom. The molecule has 1 saturated carbocycles. The van der Waals surface area contributed by atoms with Gasteiger partial charge in [-0.25, -0.2) is 0 Å². The number of esters is 1. The molecule has 1 aromatic carbocycles. The normalized spacial score (nSPS) is 20.3. The third-order valence-electron chi connectivity index (χ3n) is 6.16. The van der Waals surface area contributed by atoms with Crippen molar-refractivity contribution in [2.45, 2.75) is 63.6 Å². The van der Waals surface area contributed by atoms with Gasteiger partial charge in [-0.05, 0) is 56.5 Å². The van der Waals surface area contributed by atoms with E-state index in [2.05, 4.69) is 22.3 Å². The van der Waals surface area contributed by atoms with Gasteiger partial charge in [-0.15, -0.1) is 0 Å². The second-order valence-electron chi connectivity index (χ2n) is 8.42. The molecule has 0 aromatic heterocycles. The van der Waals surface area contributed by atoms with E-state index in [1.54, 1.807) is 0 Å². The molecule has 1 aromatic rings. The number of carbonyl (C=O) groups is 1. The van der Waals surface area contributed by atoms with Crippen LogP contribution in [0.3, 0.4) is 0 Å². The zero-order chi connectivity index (χ0) is 20.5. The van der Waals surface area contributed by atoms with Crippen molar-refractivity contribution < 1.29 is 19.4 Å². The highest BCUT2D eigenvalue weighted by Gasteiger charge is 2.26. The van der Waals surface area contributed by atoms with Gasteiger partial charge >= 0.3 is 5.97 Å². The fourth-order valence-electron chi connectivity index (χ4n) is 4.33. The molecule has 0 amide bonds. The molecule has 1 aliphatic carbocycles. The fourth-order valence-corrected chi connectivity index (χ4v) is 4.33. The summed E-state index contributed by atoms with van der Waals surface area (Å²) in [6, 6.07) is 8.80. The van der Waals surface area contributed by atoms with Crippen LogP contribution in [0.4, 0.5) is 0 Å². The maximum absolute atomic E-state index is 11.6. The van der Waals surface area contributed by atoms with Crippen molar-refractivity contribution in [3.63, 3.8) is 0 Å². The summed E-state index contributed by atoms with van der Waals surface area (Å²) < 4.78 is 10.6. The molecule has 0 radical (unpaired) electrons. The van der Waals surface area contributed by atoms with Crippen LogP contribution in [-0.2, 0) is 16.1 Å². The molecule has 2 aliphatic rings. The number of nitrogens with one attached hydrogen (secondary N) is 1. The van der Waals surface area contributed by atoms with Gasteiger partial charge in [-0.3, -0.25) is 4.79 Å². The van der Waals surface area contributed by atoms with Crippen LogP contribution < -0.4 is 10.1 Å². The van der Waals surface area contributed by atoms with E-state index in [1.807, 2.05) is 12.1 Å². The van der Waals surface area contributed by atoms with Crippen LogP contribution in [0.2, 0.25) is 0 Å². The van der Waals surface area contributed by atoms with Gasteiger partial charge in [0.25, 0.3) is 0 Å². The molecule has 0 bridgehead atoms. The lowest BCUT2D eigenvalue weighted by atomic mass is 9.95. The van der Waals surface area contributed by atoms with E-state index in [4.69, 9.17) is 9.47 Å². The maximum Gasteiger partial charge on any atom is 0.308 e. The number of β-amino-alcohol motifs (C(OH)–C–C–N with tert-alkyl or cyclic N) is 1. The summed E-state index contributed by atoms with van der Waals surface area (Å²) in [7, 11) is 1.44. The summed E-state index contributed by atoms with van der Waals surface area (Å²) in [6.07, 6.45) is 7.68. The molecule has 1 unspecified atom stereocenters. The fraction of sp³-hybridized carbons (Fsp3) is 0.696. The molecule has 3 rings (SSSR count). The number of likely N-dealkylation sites (tertiary alicyclic amines) is 1. The minimum absolute atomic E-state index is 0.00393. The highest BCUT2D eigenvalue weighted by molar-refractivity contribution is 5.72. The minimum Gasteiger partial charge on any atom is -0.491 e. The number of aliphatic hydroxyl groups is 1. The first kappa shape index (κ1) is 22.1. The third kappa shape index (κ3) is 7.28. The minimum atomic E-state index is -0.544. The monoisotopic (exact) mass is 404 g/mol. The second-order valence-corrected chi connectivity index (χ2v) is 8.42. The number of piperidine rings is 1. The molecule has 1 saturated heterocycles. The van der Waals surface area contributed by atoms with Gasteiger partial charge in [-0.2, -0.15) is 0 Å². The Bertz CT molecular complexity index is 608. The van der Waals surface area contributed by atoms with Crippen LogP contribution in [0.15, 0.2) is 24.3 Å². The van der Waals surface area contributed by atoms with Gasteiger partial charge in [0.05, 0.1) is 13.0 Å². The molecule has 2 fully saturated rings. The Labute approximate surface area is 174 Å². The summed E-state index contributed by atoms with van der Waals surface area (Å²) in [6.45, 7) is 3.35. The Balaban J connectivity index is 1.32. The second kappa shape index (κ2) is 11.5. The van der Waals surface area contributed by atoms with Gasteiger partial charge in [-0.1, -0.05) is 31.4 Å². The lowest BCUT2D eigenvalue weighted by molar-refractivity contribution is -0.147. The van der Waals surface area contributed by atoms with E-state index in [0.29, 0.717) is 12.6 Å². The zero-order valence-electron chi connectivity index (χ0n) is 17.6. The standard InChI is InChI=1S/C23H36N2O4/c1-28-23(27)19-11-13-25(14-12-19)16-21(26)17-29-22-9-7-18(8-10-22)15-24-20-5-3-2-4-6-20/h7-10,19-21,24,26H,2-6,11-17H2,1H3. The average Bonchev–Trinajstić information content (AvgIpc) is 2.77. The van der Waals surface area contributed by atoms with Crippen LogP contribution in [0.25, 0.3) is 0 Å². The number of nitrogens with zero attached hydrogens (tertiary/aromatic N) is 1. The zero-order valence-corrected chi connectivity index (χ0v) is 17.6. The van der Waals surface area contributed by atoms with Gasteiger partial charge in [0, 0.05) is 19.1 Å². The molecular formula is C23H36N2O4. The van der Waals surface area contributed by atoms with E-state index in [9.17, 15) is 9.90 Å². The van der Waals surface area contributed by atoms with Crippen molar-refractivity contribution in [3.8, 4) is 5.75 Å². The molecule has 2 N–H and O–H groups in total. The Morgan fingerprint density at radius 3 is 2.48 bits per heavy atom. The van der Waals surface area contributed by atoms with Crippen molar-refractivity contribution in [2.75, 3.05) is 33.4 Å². The van der Waals surface area contributed by atoms with Crippen molar-refractivity contribution in [1.29, 1.82) is 0 Å². The number of methoxy groups -OCH3 is 1. The first-order valence-electron chi connectivity index (χ1n) is 11.1. The van der Waals surface area contributed by atoms with Crippen LogP contribution >= 0.6 is 0 Å². The Morgan fingerprint density at radius 2 is 1.83 bits per heavy atom. The van der Waals surface area contributed by atoms with Crippen molar-refractivity contribution >= 4 is 5.97 Å². The molecule has 29 heavy (non-hydrogen) atoms. The molecule has 6 nitrogen and oxygen atoms in total. The largest absolute Gasteiger partial charge is 0.491 e. The SMILES string of the molecule is COC(=O)C1CCN(CC(O)COc2ccc(CNC3CCCCC3)cc2)CC1. The summed E-state index contributed by atoms with van der Waals surface area (Å²) >= 11 is 0. The van der Waals surface area contributed by atoms with Crippen molar-refractivity contribution in [2.24, 2.45) is 5.92 Å². The first-order valence-corrected chi connectivity index (χ1v) is 11.1. The molecular weight excluding hydrogens is 368 g/mol. The van der Waals surface area contributed by atoms with E-state index < -0.39 is 6.10 Å². The lowest BCUT2D eigenvalue weighted by Gasteiger charge is -2.31. The molecule has 1 aliphatic heterocycles. The highest BCUT2D eigenvalue weighted by Crippen LogP contribution is 2.20. The van der Waals surface area contributed by atoms with E-state index in [-0.39, 0.29) is 18.5 Å². The van der Waals surface area contributed by atoms with Gasteiger partial charge in [0.2, 0.25) is 0 Å². The Kier molecular flexibility index (Phi) is 8.77. The smallest absolute Gasteiger partial charge is 0.308 e. The number of ether oxygens (including phenoxy) is 2. The predicted molar refractivity (Wildman–Crippen MR) is 113 cm³/mol.